The zero-order valence-electron chi connectivity index (χ0n) is 23.1. The zero-order valence-corrected chi connectivity index (χ0v) is 23.9. The minimum absolute atomic E-state index is 0.154. The van der Waals surface area contributed by atoms with Crippen molar-refractivity contribution in [2.24, 2.45) is 0 Å². The Balaban J connectivity index is 1.58. The number of hydrogen-bond donors (Lipinski definition) is 2. The summed E-state index contributed by atoms with van der Waals surface area (Å²) in [6.45, 7) is 2.64. The van der Waals surface area contributed by atoms with Crippen molar-refractivity contribution in [3.05, 3.63) is 138 Å². The van der Waals surface area contributed by atoms with Gasteiger partial charge in [-0.3, -0.25) is 9.59 Å². The maximum Gasteiger partial charge on any atom is 0.247 e. The molecular formula is C33H35N3O4S. The molecule has 0 unspecified atom stereocenters. The minimum atomic E-state index is -3.55. The van der Waals surface area contributed by atoms with Gasteiger partial charge < -0.3 is 10.2 Å². The predicted molar refractivity (Wildman–Crippen MR) is 160 cm³/mol. The number of carbonyl (C=O) groups is 2. The van der Waals surface area contributed by atoms with Crippen LogP contribution in [0.1, 0.15) is 41.6 Å². The Morgan fingerprint density at radius 2 is 1.29 bits per heavy atom. The van der Waals surface area contributed by atoms with Crippen LogP contribution < -0.4 is 10.0 Å². The van der Waals surface area contributed by atoms with Crippen molar-refractivity contribution < 1.29 is 18.0 Å². The predicted octanol–water partition coefficient (Wildman–Crippen LogP) is 5.00. The van der Waals surface area contributed by atoms with Crippen LogP contribution in [0.15, 0.2) is 120 Å². The molecule has 0 aliphatic rings. The standard InChI is InChI=1S/C33H35N3O4S/c1-2-35-41(39,40)30-21-18-26(19-22-30)20-23-31(37)36(25-28-14-8-4-9-15-28)32(29-16-10-5-11-17-29)33(38)34-24-27-12-6-3-7-13-27/h3-19,21-22,32,35H,2,20,23-25H2,1H3,(H,34,38)/t32-/m1/s1. The molecule has 0 saturated heterocycles. The first kappa shape index (κ1) is 29.7. The average molecular weight is 570 g/mol. The van der Waals surface area contributed by atoms with Gasteiger partial charge in [0.1, 0.15) is 6.04 Å². The number of hydrogen-bond acceptors (Lipinski definition) is 4. The highest BCUT2D eigenvalue weighted by Crippen LogP contribution is 2.25. The molecule has 4 aromatic rings. The molecule has 4 aromatic carbocycles. The summed E-state index contributed by atoms with van der Waals surface area (Å²) in [5, 5.41) is 3.03. The summed E-state index contributed by atoms with van der Waals surface area (Å²) in [5.74, 6) is -0.441. The van der Waals surface area contributed by atoms with Crippen molar-refractivity contribution in [1.29, 1.82) is 0 Å². The molecular weight excluding hydrogens is 534 g/mol. The summed E-state index contributed by atoms with van der Waals surface area (Å²) in [4.78, 5) is 29.4. The second-order valence-corrected chi connectivity index (χ2v) is 11.4. The van der Waals surface area contributed by atoms with Crippen molar-refractivity contribution in [1.82, 2.24) is 14.9 Å². The van der Waals surface area contributed by atoms with Crippen LogP contribution in [0.4, 0.5) is 0 Å². The van der Waals surface area contributed by atoms with Crippen molar-refractivity contribution in [3.8, 4) is 0 Å². The van der Waals surface area contributed by atoms with Crippen LogP contribution in [0.5, 0.6) is 0 Å². The van der Waals surface area contributed by atoms with Crippen LogP contribution in [0.2, 0.25) is 0 Å². The van der Waals surface area contributed by atoms with Gasteiger partial charge in [-0.1, -0.05) is 110 Å². The smallest absolute Gasteiger partial charge is 0.247 e. The van der Waals surface area contributed by atoms with Crippen molar-refractivity contribution in [3.63, 3.8) is 0 Å². The van der Waals surface area contributed by atoms with E-state index in [4.69, 9.17) is 0 Å². The fourth-order valence-corrected chi connectivity index (χ4v) is 5.64. The Bertz CT molecular complexity index is 1510. The lowest BCUT2D eigenvalue weighted by Crippen LogP contribution is -2.43. The monoisotopic (exact) mass is 569 g/mol. The van der Waals surface area contributed by atoms with Crippen molar-refractivity contribution in [2.75, 3.05) is 6.54 Å². The number of amides is 2. The lowest BCUT2D eigenvalue weighted by molar-refractivity contribution is -0.141. The molecule has 7 nitrogen and oxygen atoms in total. The van der Waals surface area contributed by atoms with Gasteiger partial charge in [0.15, 0.2) is 0 Å². The first-order valence-electron chi connectivity index (χ1n) is 13.7. The van der Waals surface area contributed by atoms with E-state index in [1.54, 1.807) is 36.1 Å². The third kappa shape index (κ3) is 8.36. The third-order valence-electron chi connectivity index (χ3n) is 6.70. The van der Waals surface area contributed by atoms with Crippen LogP contribution in [0, 0.1) is 0 Å². The summed E-state index contributed by atoms with van der Waals surface area (Å²) in [6.07, 6.45) is 0.556. The number of rotatable bonds is 13. The number of nitrogens with one attached hydrogen (secondary N) is 2. The molecule has 0 aromatic heterocycles. The molecule has 4 rings (SSSR count). The highest BCUT2D eigenvalue weighted by atomic mass is 32.2. The van der Waals surface area contributed by atoms with Gasteiger partial charge in [0.25, 0.3) is 0 Å². The molecule has 0 bridgehead atoms. The van der Waals surface area contributed by atoms with Crippen LogP contribution in [0.3, 0.4) is 0 Å². The third-order valence-corrected chi connectivity index (χ3v) is 8.26. The highest BCUT2D eigenvalue weighted by molar-refractivity contribution is 7.89. The molecule has 0 fully saturated rings. The molecule has 0 heterocycles. The lowest BCUT2D eigenvalue weighted by Gasteiger charge is -2.32. The second kappa shape index (κ2) is 14.4. The number of nitrogens with zero attached hydrogens (tertiary/aromatic N) is 1. The number of sulfonamides is 1. The number of aryl methyl sites for hydroxylation is 1. The molecule has 0 spiro atoms. The van der Waals surface area contributed by atoms with Gasteiger partial charge in [-0.25, -0.2) is 13.1 Å². The minimum Gasteiger partial charge on any atom is -0.350 e. The summed E-state index contributed by atoms with van der Waals surface area (Å²) in [6, 6.07) is 34.3. The van der Waals surface area contributed by atoms with Crippen LogP contribution in [-0.4, -0.2) is 31.7 Å². The Morgan fingerprint density at radius 1 is 0.732 bits per heavy atom. The van der Waals surface area contributed by atoms with Gasteiger partial charge in [0.2, 0.25) is 21.8 Å². The fourth-order valence-electron chi connectivity index (χ4n) is 4.60. The molecule has 2 amide bonds. The summed E-state index contributed by atoms with van der Waals surface area (Å²) < 4.78 is 27.0. The zero-order chi connectivity index (χ0) is 29.1. The van der Waals surface area contributed by atoms with E-state index in [1.165, 1.54) is 0 Å². The molecule has 0 radical (unpaired) electrons. The van der Waals surface area contributed by atoms with Crippen molar-refractivity contribution in [2.45, 2.75) is 43.8 Å². The molecule has 2 N–H and O–H groups in total. The Hall–Kier alpha value is -4.27. The summed E-state index contributed by atoms with van der Waals surface area (Å²) >= 11 is 0. The van der Waals surface area contributed by atoms with Crippen LogP contribution in [0.25, 0.3) is 0 Å². The second-order valence-electron chi connectivity index (χ2n) is 9.67. The number of carbonyl (C=O) groups excluding carboxylic acids is 2. The largest absolute Gasteiger partial charge is 0.350 e. The molecule has 0 aliphatic heterocycles. The van der Waals surface area contributed by atoms with Crippen molar-refractivity contribution >= 4 is 21.8 Å². The van der Waals surface area contributed by atoms with Gasteiger partial charge in [0, 0.05) is 26.1 Å². The Morgan fingerprint density at radius 3 is 1.88 bits per heavy atom. The lowest BCUT2D eigenvalue weighted by atomic mass is 10.0. The SMILES string of the molecule is CCNS(=O)(=O)c1ccc(CCC(=O)N(Cc2ccccc2)[C@@H](C(=O)NCc2ccccc2)c2ccccc2)cc1. The van der Waals surface area contributed by atoms with E-state index in [0.29, 0.717) is 19.5 Å². The van der Waals surface area contributed by atoms with Crippen LogP contribution >= 0.6 is 0 Å². The van der Waals surface area contributed by atoms with E-state index >= 15 is 0 Å². The maximum absolute atomic E-state index is 13.9. The summed E-state index contributed by atoms with van der Waals surface area (Å²) in [5.41, 5.74) is 3.43. The van der Waals surface area contributed by atoms with Gasteiger partial charge in [-0.2, -0.15) is 0 Å². The van der Waals surface area contributed by atoms with E-state index in [2.05, 4.69) is 10.0 Å². The molecule has 212 valence electrons. The first-order valence-corrected chi connectivity index (χ1v) is 15.1. The van der Waals surface area contributed by atoms with Gasteiger partial charge in [-0.05, 0) is 40.8 Å². The Kier molecular flexibility index (Phi) is 10.4. The topological polar surface area (TPSA) is 95.6 Å². The van der Waals surface area contributed by atoms with E-state index in [0.717, 1.165) is 22.3 Å². The molecule has 41 heavy (non-hydrogen) atoms. The highest BCUT2D eigenvalue weighted by Gasteiger charge is 2.31. The molecule has 1 atom stereocenters. The molecule has 8 heteroatoms. The van der Waals surface area contributed by atoms with E-state index < -0.39 is 16.1 Å². The van der Waals surface area contributed by atoms with Crippen LogP contribution in [-0.2, 0) is 39.1 Å². The van der Waals surface area contributed by atoms with Gasteiger partial charge in [-0.15, -0.1) is 0 Å². The van der Waals surface area contributed by atoms with E-state index in [1.807, 2.05) is 91.0 Å². The average Bonchev–Trinajstić information content (AvgIpc) is 3.00. The van der Waals surface area contributed by atoms with E-state index in [9.17, 15) is 18.0 Å². The number of benzene rings is 4. The Labute approximate surface area is 242 Å². The quantitative estimate of drug-likeness (QED) is 0.237. The molecule has 0 aliphatic carbocycles. The van der Waals surface area contributed by atoms with Gasteiger partial charge in [0.05, 0.1) is 4.90 Å². The van der Waals surface area contributed by atoms with E-state index in [-0.39, 0.29) is 29.7 Å². The first-order chi connectivity index (χ1) is 19.9. The fraction of sp³-hybridized carbons (Fsp3) is 0.212. The summed E-state index contributed by atoms with van der Waals surface area (Å²) in [7, 11) is -3.55. The maximum atomic E-state index is 13.9. The normalized spacial score (nSPS) is 11.9. The molecule has 0 saturated carbocycles. The van der Waals surface area contributed by atoms with Gasteiger partial charge >= 0.3 is 0 Å².